The largest absolute Gasteiger partial charge is 0.353 e. The Morgan fingerprint density at radius 2 is 2.07 bits per heavy atom. The molecule has 2 fully saturated rings. The molecule has 2 rings (SSSR count). The number of carbonyl (C=O) groups excluding carboxylic acids is 1. The molecule has 0 bridgehead atoms. The molecule has 5 heteroatoms. The number of rotatable bonds is 2. The van der Waals surface area contributed by atoms with Crippen LogP contribution in [0.4, 0.5) is 8.78 Å². The highest BCUT2D eigenvalue weighted by atomic mass is 19.3. The number of alkyl halides is 2. The lowest BCUT2D eigenvalue weighted by Crippen LogP contribution is -2.52. The third kappa shape index (κ3) is 2.03. The van der Waals surface area contributed by atoms with Crippen molar-refractivity contribution in [1.29, 1.82) is 0 Å². The summed E-state index contributed by atoms with van der Waals surface area (Å²) in [6.45, 7) is 0.119. The summed E-state index contributed by atoms with van der Waals surface area (Å²) in [6, 6.07) is 0.160. The molecule has 3 nitrogen and oxygen atoms in total. The average molecular weight is 204 g/mol. The number of nitrogens with one attached hydrogen (secondary N) is 2. The molecular weight excluding hydrogens is 190 g/mol. The predicted molar refractivity (Wildman–Crippen MR) is 47.1 cm³/mol. The molecule has 1 aliphatic carbocycles. The van der Waals surface area contributed by atoms with E-state index in [0.717, 1.165) is 12.8 Å². The highest BCUT2D eigenvalue weighted by molar-refractivity contribution is 5.80. The summed E-state index contributed by atoms with van der Waals surface area (Å²) in [5.41, 5.74) is 0. The average Bonchev–Trinajstić information content (AvgIpc) is 2.87. The summed E-state index contributed by atoms with van der Waals surface area (Å²) in [5, 5.41) is 5.23. The Bertz CT molecular complexity index is 241. The quantitative estimate of drug-likeness (QED) is 0.688. The summed E-state index contributed by atoms with van der Waals surface area (Å²) >= 11 is 0. The van der Waals surface area contributed by atoms with E-state index in [4.69, 9.17) is 0 Å². The fourth-order valence-corrected chi connectivity index (χ4v) is 1.69. The first-order valence-corrected chi connectivity index (χ1v) is 4.98. The van der Waals surface area contributed by atoms with Gasteiger partial charge in [-0.25, -0.2) is 8.78 Å². The summed E-state index contributed by atoms with van der Waals surface area (Å²) in [5.74, 6) is -4.50. The lowest BCUT2D eigenvalue weighted by Gasteiger charge is -2.30. The molecule has 0 aromatic heterocycles. The summed E-state index contributed by atoms with van der Waals surface area (Å²) in [4.78, 5) is 11.4. The van der Waals surface area contributed by atoms with Gasteiger partial charge in [-0.15, -0.1) is 0 Å². The van der Waals surface area contributed by atoms with E-state index >= 15 is 0 Å². The Hall–Kier alpha value is -0.710. The van der Waals surface area contributed by atoms with E-state index in [-0.39, 0.29) is 19.0 Å². The van der Waals surface area contributed by atoms with E-state index in [0.29, 0.717) is 6.54 Å². The van der Waals surface area contributed by atoms with Crippen LogP contribution >= 0.6 is 0 Å². The third-order valence-corrected chi connectivity index (χ3v) is 2.72. The number of piperidine rings is 1. The fraction of sp³-hybridized carbons (Fsp3) is 0.889. The van der Waals surface area contributed by atoms with Gasteiger partial charge in [-0.05, 0) is 25.8 Å². The van der Waals surface area contributed by atoms with Crippen LogP contribution in [0.3, 0.4) is 0 Å². The van der Waals surface area contributed by atoms with Gasteiger partial charge in [-0.2, -0.15) is 0 Å². The fourth-order valence-electron chi connectivity index (χ4n) is 1.69. The summed E-state index contributed by atoms with van der Waals surface area (Å²) < 4.78 is 26.5. The molecule has 0 spiro atoms. The van der Waals surface area contributed by atoms with Crippen LogP contribution in [0.15, 0.2) is 0 Å². The minimum atomic E-state index is -2.89. The standard InChI is InChI=1S/C9H14F2N2O/c10-9(11)5-12-4-3-7(9)8(14)13-6-1-2-6/h6-7,12H,1-5H2,(H,13,14). The van der Waals surface area contributed by atoms with Gasteiger partial charge in [0, 0.05) is 6.04 Å². The van der Waals surface area contributed by atoms with E-state index in [2.05, 4.69) is 10.6 Å². The van der Waals surface area contributed by atoms with Crippen LogP contribution in [-0.4, -0.2) is 31.0 Å². The van der Waals surface area contributed by atoms with Crippen LogP contribution < -0.4 is 10.6 Å². The van der Waals surface area contributed by atoms with Gasteiger partial charge < -0.3 is 10.6 Å². The molecule has 1 heterocycles. The Labute approximate surface area is 81.2 Å². The van der Waals surface area contributed by atoms with Crippen molar-refractivity contribution in [2.24, 2.45) is 5.92 Å². The van der Waals surface area contributed by atoms with Crippen molar-refractivity contribution in [3.05, 3.63) is 0 Å². The molecule has 1 unspecified atom stereocenters. The maximum atomic E-state index is 13.3. The smallest absolute Gasteiger partial charge is 0.271 e. The molecule has 14 heavy (non-hydrogen) atoms. The lowest BCUT2D eigenvalue weighted by atomic mass is 9.93. The van der Waals surface area contributed by atoms with Crippen molar-refractivity contribution in [3.63, 3.8) is 0 Å². The normalized spacial score (nSPS) is 31.1. The van der Waals surface area contributed by atoms with E-state index in [1.807, 2.05) is 0 Å². The highest BCUT2D eigenvalue weighted by Crippen LogP contribution is 2.30. The van der Waals surface area contributed by atoms with Crippen molar-refractivity contribution >= 4 is 5.91 Å². The van der Waals surface area contributed by atoms with E-state index in [1.165, 1.54) is 0 Å². The van der Waals surface area contributed by atoms with Gasteiger partial charge in [0.15, 0.2) is 0 Å². The molecule has 1 amide bonds. The van der Waals surface area contributed by atoms with Gasteiger partial charge >= 0.3 is 0 Å². The van der Waals surface area contributed by atoms with Gasteiger partial charge in [-0.3, -0.25) is 4.79 Å². The Balaban J connectivity index is 1.95. The van der Waals surface area contributed by atoms with Crippen molar-refractivity contribution < 1.29 is 13.6 Å². The topological polar surface area (TPSA) is 41.1 Å². The molecule has 0 radical (unpaired) electrons. The van der Waals surface area contributed by atoms with Crippen molar-refractivity contribution in [1.82, 2.24) is 10.6 Å². The first-order chi connectivity index (χ1) is 6.59. The van der Waals surface area contributed by atoms with Gasteiger partial charge in [0.2, 0.25) is 5.91 Å². The maximum absolute atomic E-state index is 13.3. The van der Waals surface area contributed by atoms with E-state index < -0.39 is 17.7 Å². The number of carbonyl (C=O) groups is 1. The lowest BCUT2D eigenvalue weighted by molar-refractivity contribution is -0.142. The predicted octanol–water partition coefficient (Wildman–Crippen LogP) is 0.510. The van der Waals surface area contributed by atoms with Gasteiger partial charge in [0.25, 0.3) is 5.92 Å². The molecular formula is C9H14F2N2O. The number of hydrogen-bond acceptors (Lipinski definition) is 2. The second-order valence-electron chi connectivity index (χ2n) is 4.06. The second kappa shape index (κ2) is 3.46. The van der Waals surface area contributed by atoms with Crippen LogP contribution in [-0.2, 0) is 4.79 Å². The minimum Gasteiger partial charge on any atom is -0.353 e. The molecule has 1 saturated carbocycles. The van der Waals surface area contributed by atoms with Crippen molar-refractivity contribution in [2.75, 3.05) is 13.1 Å². The molecule has 2 aliphatic rings. The van der Waals surface area contributed by atoms with Crippen LogP contribution in [0.25, 0.3) is 0 Å². The number of hydrogen-bond donors (Lipinski definition) is 2. The molecule has 1 atom stereocenters. The maximum Gasteiger partial charge on any atom is 0.271 e. The van der Waals surface area contributed by atoms with Crippen LogP contribution in [0.5, 0.6) is 0 Å². The molecule has 0 aromatic carbocycles. The van der Waals surface area contributed by atoms with E-state index in [9.17, 15) is 13.6 Å². The molecule has 1 aliphatic heterocycles. The van der Waals surface area contributed by atoms with Crippen molar-refractivity contribution in [3.8, 4) is 0 Å². The van der Waals surface area contributed by atoms with Gasteiger partial charge in [-0.1, -0.05) is 0 Å². The van der Waals surface area contributed by atoms with Crippen LogP contribution in [0.2, 0.25) is 0 Å². The van der Waals surface area contributed by atoms with E-state index in [1.54, 1.807) is 0 Å². The molecule has 2 N–H and O–H groups in total. The minimum absolute atomic E-state index is 0.160. The molecule has 1 saturated heterocycles. The highest BCUT2D eigenvalue weighted by Gasteiger charge is 2.46. The second-order valence-corrected chi connectivity index (χ2v) is 4.06. The van der Waals surface area contributed by atoms with Gasteiger partial charge in [0.1, 0.15) is 5.92 Å². The molecule has 0 aromatic rings. The molecule has 80 valence electrons. The SMILES string of the molecule is O=C(NC1CC1)C1CCNCC1(F)F. The Morgan fingerprint density at radius 3 is 2.64 bits per heavy atom. The van der Waals surface area contributed by atoms with Crippen LogP contribution in [0.1, 0.15) is 19.3 Å². The third-order valence-electron chi connectivity index (χ3n) is 2.72. The van der Waals surface area contributed by atoms with Crippen molar-refractivity contribution in [2.45, 2.75) is 31.2 Å². The first-order valence-electron chi connectivity index (χ1n) is 4.98. The van der Waals surface area contributed by atoms with Crippen LogP contribution in [0, 0.1) is 5.92 Å². The monoisotopic (exact) mass is 204 g/mol. The zero-order valence-electron chi connectivity index (χ0n) is 7.85. The summed E-state index contributed by atoms with van der Waals surface area (Å²) in [7, 11) is 0. The number of halogens is 2. The zero-order chi connectivity index (χ0) is 10.2. The Kier molecular flexibility index (Phi) is 2.43. The summed E-state index contributed by atoms with van der Waals surface area (Å²) in [6.07, 6.45) is 2.09. The Morgan fingerprint density at radius 1 is 1.36 bits per heavy atom. The zero-order valence-corrected chi connectivity index (χ0v) is 7.85. The number of amides is 1. The van der Waals surface area contributed by atoms with Gasteiger partial charge in [0.05, 0.1) is 6.54 Å². The first kappa shape index (κ1) is 9.83.